The molecule has 0 bridgehead atoms. The fraction of sp³-hybridized carbons (Fsp3) is 1.00. The van der Waals surface area contributed by atoms with E-state index in [2.05, 4.69) is 23.1 Å². The van der Waals surface area contributed by atoms with Gasteiger partial charge < -0.3 is 0 Å². The van der Waals surface area contributed by atoms with Gasteiger partial charge in [-0.3, -0.25) is 0 Å². The first-order valence-electron chi connectivity index (χ1n) is 7.51. The molecule has 0 amide bonds. The second-order valence-electron chi connectivity index (χ2n) is 5.30. The minimum atomic E-state index is 0.970. The highest BCUT2D eigenvalue weighted by atomic mass is 31.0. The van der Waals surface area contributed by atoms with E-state index in [1.165, 1.54) is 76.8 Å². The maximum Gasteiger partial charge on any atom is -0.0381 e. The Balaban J connectivity index is 3.02. The van der Waals surface area contributed by atoms with Gasteiger partial charge in [-0.05, 0) is 18.5 Å². The highest BCUT2D eigenvalue weighted by Gasteiger charge is 2.00. The van der Waals surface area contributed by atoms with Crippen molar-refractivity contribution in [2.75, 3.05) is 6.16 Å². The molecular formula is C15H33P. The average Bonchev–Trinajstić information content (AvgIpc) is 2.30. The molecule has 0 aliphatic carbocycles. The molecule has 0 fully saturated rings. The third-order valence-corrected chi connectivity index (χ3v) is 3.86. The van der Waals surface area contributed by atoms with Crippen molar-refractivity contribution in [3.63, 3.8) is 0 Å². The molecule has 2 unspecified atom stereocenters. The maximum atomic E-state index is 2.82. The van der Waals surface area contributed by atoms with Crippen LogP contribution >= 0.6 is 9.24 Å². The van der Waals surface area contributed by atoms with E-state index in [1.807, 2.05) is 0 Å². The van der Waals surface area contributed by atoms with Gasteiger partial charge in [0.25, 0.3) is 0 Å². The number of hydrogen-bond acceptors (Lipinski definition) is 0. The Hall–Kier alpha value is 0.430. The Morgan fingerprint density at radius 2 is 1.25 bits per heavy atom. The van der Waals surface area contributed by atoms with Gasteiger partial charge in [-0.2, -0.15) is 0 Å². The smallest absolute Gasteiger partial charge is 0.0381 e. The number of rotatable bonds is 12. The molecule has 16 heavy (non-hydrogen) atoms. The van der Waals surface area contributed by atoms with Crippen LogP contribution in [0.25, 0.3) is 0 Å². The number of hydrogen-bond donors (Lipinski definition) is 0. The molecule has 0 heterocycles. The van der Waals surface area contributed by atoms with Gasteiger partial charge in [0.1, 0.15) is 0 Å². The molecule has 0 aromatic rings. The van der Waals surface area contributed by atoms with Crippen LogP contribution in [0.15, 0.2) is 0 Å². The van der Waals surface area contributed by atoms with Gasteiger partial charge in [-0.15, -0.1) is 9.24 Å². The molecule has 0 N–H and O–H groups in total. The molecule has 2 atom stereocenters. The molecule has 1 heteroatoms. The Kier molecular flexibility index (Phi) is 13.9. The standard InChI is InChI=1S/C15H33P/c1-3-4-12-15(2)13-10-8-6-5-7-9-11-14-16/h15H,3-14,16H2,1-2H3. The predicted octanol–water partition coefficient (Wildman–Crippen LogP) is 5.81. The van der Waals surface area contributed by atoms with E-state index in [1.54, 1.807) is 0 Å². The van der Waals surface area contributed by atoms with Crippen LogP contribution in [0.5, 0.6) is 0 Å². The Bertz CT molecular complexity index is 123. The van der Waals surface area contributed by atoms with Crippen LogP contribution in [-0.2, 0) is 0 Å². The summed E-state index contributed by atoms with van der Waals surface area (Å²) in [5, 5.41) is 0. The summed E-state index contributed by atoms with van der Waals surface area (Å²) in [6.07, 6.45) is 17.2. The van der Waals surface area contributed by atoms with Gasteiger partial charge in [-0.1, -0.05) is 78.1 Å². The van der Waals surface area contributed by atoms with Crippen molar-refractivity contribution >= 4 is 9.24 Å². The zero-order chi connectivity index (χ0) is 12.1. The lowest BCUT2D eigenvalue weighted by Crippen LogP contribution is -1.94. The molecule has 0 aliphatic rings. The normalized spacial score (nSPS) is 12.9. The van der Waals surface area contributed by atoms with E-state index >= 15 is 0 Å². The van der Waals surface area contributed by atoms with E-state index in [0.29, 0.717) is 0 Å². The molecule has 0 rings (SSSR count). The molecule has 0 aliphatic heterocycles. The van der Waals surface area contributed by atoms with Gasteiger partial charge in [-0.25, -0.2) is 0 Å². The van der Waals surface area contributed by atoms with E-state index in [4.69, 9.17) is 0 Å². The minimum Gasteiger partial charge on any atom is -0.138 e. The van der Waals surface area contributed by atoms with Gasteiger partial charge >= 0.3 is 0 Å². The second kappa shape index (κ2) is 13.5. The molecule has 0 saturated heterocycles. The maximum absolute atomic E-state index is 2.82. The highest BCUT2D eigenvalue weighted by molar-refractivity contribution is 7.16. The Morgan fingerprint density at radius 3 is 1.81 bits per heavy atom. The largest absolute Gasteiger partial charge is 0.138 e. The third kappa shape index (κ3) is 12.5. The van der Waals surface area contributed by atoms with Crippen LogP contribution in [0, 0.1) is 5.92 Å². The van der Waals surface area contributed by atoms with Gasteiger partial charge in [0, 0.05) is 0 Å². The summed E-state index contributed by atoms with van der Waals surface area (Å²) in [6, 6.07) is 0. The summed E-state index contributed by atoms with van der Waals surface area (Å²) in [7, 11) is 2.82. The van der Waals surface area contributed by atoms with Crippen molar-refractivity contribution in [2.45, 2.75) is 84.5 Å². The summed E-state index contributed by atoms with van der Waals surface area (Å²) >= 11 is 0. The van der Waals surface area contributed by atoms with Crippen molar-refractivity contribution in [3.05, 3.63) is 0 Å². The zero-order valence-corrected chi connectivity index (χ0v) is 12.8. The van der Waals surface area contributed by atoms with Crippen LogP contribution in [0.1, 0.15) is 84.5 Å². The molecule has 0 nitrogen and oxygen atoms in total. The molecular weight excluding hydrogens is 211 g/mol. The average molecular weight is 244 g/mol. The van der Waals surface area contributed by atoms with E-state index in [9.17, 15) is 0 Å². The zero-order valence-electron chi connectivity index (χ0n) is 11.6. The fourth-order valence-electron chi connectivity index (χ4n) is 2.22. The lowest BCUT2D eigenvalue weighted by atomic mass is 9.97. The molecule has 0 aromatic carbocycles. The first kappa shape index (κ1) is 16.4. The second-order valence-corrected chi connectivity index (χ2v) is 5.88. The topological polar surface area (TPSA) is 0 Å². The van der Waals surface area contributed by atoms with Gasteiger partial charge in [0.05, 0.1) is 0 Å². The Morgan fingerprint density at radius 1 is 0.750 bits per heavy atom. The van der Waals surface area contributed by atoms with Crippen molar-refractivity contribution in [2.24, 2.45) is 5.92 Å². The van der Waals surface area contributed by atoms with Crippen LogP contribution in [0.2, 0.25) is 0 Å². The van der Waals surface area contributed by atoms with Gasteiger partial charge in [0.2, 0.25) is 0 Å². The summed E-state index contributed by atoms with van der Waals surface area (Å²) < 4.78 is 0. The van der Waals surface area contributed by atoms with Crippen molar-refractivity contribution < 1.29 is 0 Å². The molecule has 0 radical (unpaired) electrons. The first-order chi connectivity index (χ1) is 7.81. The van der Waals surface area contributed by atoms with E-state index in [0.717, 1.165) is 5.92 Å². The van der Waals surface area contributed by atoms with Crippen LogP contribution < -0.4 is 0 Å². The first-order valence-corrected chi connectivity index (χ1v) is 8.33. The lowest BCUT2D eigenvalue weighted by molar-refractivity contribution is 0.441. The van der Waals surface area contributed by atoms with E-state index in [-0.39, 0.29) is 0 Å². The number of unbranched alkanes of at least 4 members (excludes halogenated alkanes) is 7. The summed E-state index contributed by atoms with van der Waals surface area (Å²) in [4.78, 5) is 0. The monoisotopic (exact) mass is 244 g/mol. The van der Waals surface area contributed by atoms with E-state index < -0.39 is 0 Å². The Labute approximate surface area is 106 Å². The van der Waals surface area contributed by atoms with Crippen LogP contribution in [0.4, 0.5) is 0 Å². The molecule has 0 aromatic heterocycles. The molecule has 98 valence electrons. The van der Waals surface area contributed by atoms with Crippen LogP contribution in [-0.4, -0.2) is 6.16 Å². The SMILES string of the molecule is CCCCC(C)CCCCCCCCCP. The minimum absolute atomic E-state index is 0.970. The summed E-state index contributed by atoms with van der Waals surface area (Å²) in [6.45, 7) is 4.72. The van der Waals surface area contributed by atoms with Crippen molar-refractivity contribution in [1.82, 2.24) is 0 Å². The van der Waals surface area contributed by atoms with Gasteiger partial charge in [0.15, 0.2) is 0 Å². The van der Waals surface area contributed by atoms with Crippen LogP contribution in [0.3, 0.4) is 0 Å². The predicted molar refractivity (Wildman–Crippen MR) is 80.2 cm³/mol. The third-order valence-electron chi connectivity index (χ3n) is 3.45. The quantitative estimate of drug-likeness (QED) is 0.300. The summed E-state index contributed by atoms with van der Waals surface area (Å²) in [5.74, 6) is 0.970. The molecule has 0 saturated carbocycles. The fourth-order valence-corrected chi connectivity index (χ4v) is 2.51. The van der Waals surface area contributed by atoms with Crippen molar-refractivity contribution in [1.29, 1.82) is 0 Å². The molecule has 0 spiro atoms. The highest BCUT2D eigenvalue weighted by Crippen LogP contribution is 2.17. The lowest BCUT2D eigenvalue weighted by Gasteiger charge is -2.09. The van der Waals surface area contributed by atoms with Crippen molar-refractivity contribution in [3.8, 4) is 0 Å². The summed E-state index contributed by atoms with van der Waals surface area (Å²) in [5.41, 5.74) is 0.